The van der Waals surface area contributed by atoms with Gasteiger partial charge in [0.1, 0.15) is 0 Å². The molecule has 124 valence electrons. The number of rotatable bonds is 8. The lowest BCUT2D eigenvalue weighted by atomic mass is 9.84. The molecule has 1 amide bonds. The second kappa shape index (κ2) is 8.74. The lowest BCUT2D eigenvalue weighted by molar-refractivity contribution is -0.142. The van der Waals surface area contributed by atoms with E-state index in [1.807, 2.05) is 11.8 Å². The Hall–Kier alpha value is -0.610. The third kappa shape index (κ3) is 5.26. The average molecular weight is 297 g/mol. The fourth-order valence-electron chi connectivity index (χ4n) is 3.04. The van der Waals surface area contributed by atoms with E-state index >= 15 is 0 Å². The minimum Gasteiger partial charge on any atom is -0.342 e. The molecule has 0 saturated carbocycles. The molecular weight excluding hydrogens is 262 g/mol. The number of carbonyl (C=O) groups excluding carboxylic acids is 1. The van der Waals surface area contributed by atoms with E-state index in [-0.39, 0.29) is 11.3 Å². The van der Waals surface area contributed by atoms with Gasteiger partial charge in [-0.1, -0.05) is 20.3 Å². The van der Waals surface area contributed by atoms with Crippen LogP contribution in [0.5, 0.6) is 0 Å². The smallest absolute Gasteiger partial charge is 0.229 e. The first-order chi connectivity index (χ1) is 9.96. The Kier molecular flexibility index (Phi) is 7.67. The van der Waals surface area contributed by atoms with Crippen molar-refractivity contribution >= 4 is 5.91 Å². The Bertz CT molecular complexity index is 307. The molecule has 4 heteroatoms. The van der Waals surface area contributed by atoms with Crippen molar-refractivity contribution in [2.75, 3.05) is 39.8 Å². The Labute approximate surface area is 131 Å². The van der Waals surface area contributed by atoms with Crippen LogP contribution in [0.15, 0.2) is 0 Å². The van der Waals surface area contributed by atoms with Crippen molar-refractivity contribution in [3.8, 4) is 0 Å². The molecule has 0 aliphatic carbocycles. The van der Waals surface area contributed by atoms with Gasteiger partial charge in [-0.25, -0.2) is 0 Å². The molecule has 0 aromatic heterocycles. The highest BCUT2D eigenvalue weighted by atomic mass is 16.2. The van der Waals surface area contributed by atoms with Crippen molar-refractivity contribution in [1.82, 2.24) is 9.80 Å². The highest BCUT2D eigenvalue weighted by Gasteiger charge is 2.35. The second-order valence-corrected chi connectivity index (χ2v) is 6.97. The molecule has 1 unspecified atom stereocenters. The molecule has 0 bridgehead atoms. The maximum atomic E-state index is 12.6. The SMILES string of the molecule is CCCCN(C)CC1CCN(C(=O)C(C)(CC)CN)CC1. The lowest BCUT2D eigenvalue weighted by Gasteiger charge is -2.38. The first-order valence-electron chi connectivity index (χ1n) is 8.64. The minimum absolute atomic E-state index is 0.255. The molecule has 1 aliphatic heterocycles. The Morgan fingerprint density at radius 3 is 2.43 bits per heavy atom. The van der Waals surface area contributed by atoms with Crippen molar-refractivity contribution in [2.24, 2.45) is 17.1 Å². The molecule has 2 N–H and O–H groups in total. The van der Waals surface area contributed by atoms with Crippen LogP contribution in [0.25, 0.3) is 0 Å². The number of hydrogen-bond acceptors (Lipinski definition) is 3. The zero-order valence-corrected chi connectivity index (χ0v) is 14.5. The Balaban J connectivity index is 2.40. The summed E-state index contributed by atoms with van der Waals surface area (Å²) in [6, 6.07) is 0. The van der Waals surface area contributed by atoms with E-state index in [2.05, 4.69) is 25.8 Å². The molecule has 1 saturated heterocycles. The molecule has 1 heterocycles. The van der Waals surface area contributed by atoms with Crippen LogP contribution in [-0.4, -0.2) is 55.5 Å². The van der Waals surface area contributed by atoms with Gasteiger partial charge in [0, 0.05) is 26.2 Å². The van der Waals surface area contributed by atoms with Gasteiger partial charge in [0.15, 0.2) is 0 Å². The van der Waals surface area contributed by atoms with Gasteiger partial charge in [-0.3, -0.25) is 4.79 Å². The third-order valence-corrected chi connectivity index (χ3v) is 5.11. The molecule has 21 heavy (non-hydrogen) atoms. The van der Waals surface area contributed by atoms with Crippen molar-refractivity contribution in [3.63, 3.8) is 0 Å². The Morgan fingerprint density at radius 1 is 1.33 bits per heavy atom. The van der Waals surface area contributed by atoms with E-state index in [1.54, 1.807) is 0 Å². The Morgan fingerprint density at radius 2 is 1.95 bits per heavy atom. The van der Waals surface area contributed by atoms with Gasteiger partial charge in [0.05, 0.1) is 5.41 Å². The van der Waals surface area contributed by atoms with Crippen LogP contribution in [0, 0.1) is 11.3 Å². The lowest BCUT2D eigenvalue weighted by Crippen LogP contribution is -2.49. The molecule has 1 atom stereocenters. The van der Waals surface area contributed by atoms with E-state index in [0.717, 1.165) is 38.3 Å². The van der Waals surface area contributed by atoms with Gasteiger partial charge < -0.3 is 15.5 Å². The molecule has 1 aliphatic rings. The van der Waals surface area contributed by atoms with Gasteiger partial charge in [-0.2, -0.15) is 0 Å². The number of unbranched alkanes of at least 4 members (excludes halogenated alkanes) is 1. The van der Waals surface area contributed by atoms with Gasteiger partial charge >= 0.3 is 0 Å². The van der Waals surface area contributed by atoms with E-state index in [1.165, 1.54) is 25.9 Å². The zero-order chi connectivity index (χ0) is 15.9. The summed E-state index contributed by atoms with van der Waals surface area (Å²) in [4.78, 5) is 17.1. The number of carbonyl (C=O) groups is 1. The summed E-state index contributed by atoms with van der Waals surface area (Å²) >= 11 is 0. The minimum atomic E-state index is -0.370. The quantitative estimate of drug-likeness (QED) is 0.748. The second-order valence-electron chi connectivity index (χ2n) is 6.97. The van der Waals surface area contributed by atoms with Crippen LogP contribution in [0.3, 0.4) is 0 Å². The van der Waals surface area contributed by atoms with Crippen LogP contribution in [0.1, 0.15) is 52.9 Å². The average Bonchev–Trinajstić information content (AvgIpc) is 2.52. The highest BCUT2D eigenvalue weighted by Crippen LogP contribution is 2.26. The zero-order valence-electron chi connectivity index (χ0n) is 14.5. The first-order valence-corrected chi connectivity index (χ1v) is 8.64. The fraction of sp³-hybridized carbons (Fsp3) is 0.941. The molecule has 0 aromatic carbocycles. The molecule has 0 aromatic rings. The van der Waals surface area contributed by atoms with E-state index in [9.17, 15) is 4.79 Å². The molecule has 4 nitrogen and oxygen atoms in total. The molecule has 0 spiro atoms. The number of nitrogens with two attached hydrogens (primary N) is 1. The normalized spacial score (nSPS) is 19.8. The number of amides is 1. The number of nitrogens with zero attached hydrogens (tertiary/aromatic N) is 2. The summed E-state index contributed by atoms with van der Waals surface area (Å²) < 4.78 is 0. The van der Waals surface area contributed by atoms with Crippen LogP contribution in [0.4, 0.5) is 0 Å². The van der Waals surface area contributed by atoms with Crippen molar-refractivity contribution in [2.45, 2.75) is 52.9 Å². The van der Waals surface area contributed by atoms with Crippen molar-refractivity contribution < 1.29 is 4.79 Å². The monoisotopic (exact) mass is 297 g/mol. The summed E-state index contributed by atoms with van der Waals surface area (Å²) in [7, 11) is 2.22. The molecule has 1 fully saturated rings. The topological polar surface area (TPSA) is 49.6 Å². The largest absolute Gasteiger partial charge is 0.342 e. The first kappa shape index (κ1) is 18.4. The predicted molar refractivity (Wildman–Crippen MR) is 89.2 cm³/mol. The van der Waals surface area contributed by atoms with Gasteiger partial charge in [0.25, 0.3) is 0 Å². The van der Waals surface area contributed by atoms with E-state index in [0.29, 0.717) is 6.54 Å². The van der Waals surface area contributed by atoms with E-state index < -0.39 is 0 Å². The van der Waals surface area contributed by atoms with Gasteiger partial charge in [0.2, 0.25) is 5.91 Å². The predicted octanol–water partition coefficient (Wildman–Crippen LogP) is 2.33. The van der Waals surface area contributed by atoms with Gasteiger partial charge in [-0.15, -0.1) is 0 Å². The third-order valence-electron chi connectivity index (χ3n) is 5.11. The molecule has 0 radical (unpaired) electrons. The number of likely N-dealkylation sites (tertiary alicyclic amines) is 1. The summed E-state index contributed by atoms with van der Waals surface area (Å²) in [5.41, 5.74) is 5.44. The van der Waals surface area contributed by atoms with Crippen LogP contribution in [0.2, 0.25) is 0 Å². The van der Waals surface area contributed by atoms with Crippen LogP contribution in [-0.2, 0) is 4.79 Å². The maximum Gasteiger partial charge on any atom is 0.229 e. The van der Waals surface area contributed by atoms with Crippen molar-refractivity contribution in [1.29, 1.82) is 0 Å². The summed E-state index contributed by atoms with van der Waals surface area (Å²) in [6.45, 7) is 10.9. The summed E-state index contributed by atoms with van der Waals surface area (Å²) in [5.74, 6) is 0.993. The van der Waals surface area contributed by atoms with Gasteiger partial charge in [-0.05, 0) is 52.1 Å². The van der Waals surface area contributed by atoms with E-state index in [4.69, 9.17) is 5.73 Å². The van der Waals surface area contributed by atoms with Crippen molar-refractivity contribution in [3.05, 3.63) is 0 Å². The summed E-state index contributed by atoms with van der Waals surface area (Å²) in [6.07, 6.45) is 5.62. The molecule has 1 rings (SSSR count). The van der Waals surface area contributed by atoms with Crippen LogP contribution >= 0.6 is 0 Å². The highest BCUT2D eigenvalue weighted by molar-refractivity contribution is 5.82. The summed E-state index contributed by atoms with van der Waals surface area (Å²) in [5, 5.41) is 0. The number of piperidine rings is 1. The number of hydrogen-bond donors (Lipinski definition) is 1. The molecular formula is C17H35N3O. The van der Waals surface area contributed by atoms with Crippen LogP contribution < -0.4 is 5.73 Å². The maximum absolute atomic E-state index is 12.6. The standard InChI is InChI=1S/C17H35N3O/c1-5-7-10-19(4)13-15-8-11-20(12-9-15)16(21)17(3,6-2)14-18/h15H,5-14,18H2,1-4H3. The fourth-order valence-corrected chi connectivity index (χ4v) is 3.04.